The van der Waals surface area contributed by atoms with E-state index in [9.17, 15) is 9.59 Å². The van der Waals surface area contributed by atoms with Crippen LogP contribution in [0.15, 0.2) is 48.5 Å². The van der Waals surface area contributed by atoms with Gasteiger partial charge in [-0.3, -0.25) is 9.59 Å². The Balaban J connectivity index is 2.07. The predicted octanol–water partition coefficient (Wildman–Crippen LogP) is 3.39. The molecule has 1 aliphatic rings. The fraction of sp³-hybridized carbons (Fsp3) is 0.176. The minimum atomic E-state index is -0.927. The summed E-state index contributed by atoms with van der Waals surface area (Å²) in [7, 11) is 0. The van der Waals surface area contributed by atoms with E-state index in [1.807, 2.05) is 18.2 Å². The molecule has 0 fully saturated rings. The van der Waals surface area contributed by atoms with Crippen LogP contribution in [0, 0.1) is 0 Å². The van der Waals surface area contributed by atoms with E-state index < -0.39 is 12.0 Å². The van der Waals surface area contributed by atoms with Crippen LogP contribution in [-0.2, 0) is 11.2 Å². The monoisotopic (exact) mass is 315 g/mol. The molecule has 1 amide bonds. The van der Waals surface area contributed by atoms with Crippen molar-refractivity contribution in [1.82, 2.24) is 0 Å². The summed E-state index contributed by atoms with van der Waals surface area (Å²) in [6, 6.07) is 13.8. The number of amides is 1. The quantitative estimate of drug-likeness (QED) is 0.944. The summed E-state index contributed by atoms with van der Waals surface area (Å²) in [5, 5.41) is 9.67. The highest BCUT2D eigenvalue weighted by atomic mass is 35.5. The first-order valence-corrected chi connectivity index (χ1v) is 7.33. The van der Waals surface area contributed by atoms with Gasteiger partial charge in [-0.05, 0) is 36.2 Å². The maximum absolute atomic E-state index is 12.8. The summed E-state index contributed by atoms with van der Waals surface area (Å²) in [4.78, 5) is 25.5. The van der Waals surface area contributed by atoms with Gasteiger partial charge in [-0.15, -0.1) is 0 Å². The van der Waals surface area contributed by atoms with Crippen LogP contribution in [-0.4, -0.2) is 23.0 Å². The number of rotatable bonds is 3. The van der Waals surface area contributed by atoms with Crippen LogP contribution < -0.4 is 4.90 Å². The number of benzene rings is 2. The second-order valence-corrected chi connectivity index (χ2v) is 5.70. The minimum Gasteiger partial charge on any atom is -0.481 e. The van der Waals surface area contributed by atoms with E-state index in [4.69, 9.17) is 16.7 Å². The molecule has 1 N–H and O–H groups in total. The summed E-state index contributed by atoms with van der Waals surface area (Å²) in [6.45, 7) is 0. The molecule has 1 atom stereocenters. The molecular weight excluding hydrogens is 302 g/mol. The number of carboxylic acid groups (broad SMARTS) is 1. The van der Waals surface area contributed by atoms with Gasteiger partial charge in [0.25, 0.3) is 5.91 Å². The van der Waals surface area contributed by atoms with Gasteiger partial charge in [0.1, 0.15) is 0 Å². The van der Waals surface area contributed by atoms with Crippen LogP contribution in [0.25, 0.3) is 0 Å². The highest BCUT2D eigenvalue weighted by molar-refractivity contribution is 6.31. The number of fused-ring (bicyclic) bond motifs is 1. The zero-order valence-electron chi connectivity index (χ0n) is 11.7. The summed E-state index contributed by atoms with van der Waals surface area (Å²) in [5.74, 6) is -1.11. The Kier molecular flexibility index (Phi) is 3.86. The summed E-state index contributed by atoms with van der Waals surface area (Å²) < 4.78 is 0. The highest BCUT2D eigenvalue weighted by Crippen LogP contribution is 2.31. The van der Waals surface area contributed by atoms with Gasteiger partial charge in [0.05, 0.1) is 12.5 Å². The number of carbonyl (C=O) groups is 2. The molecule has 0 aromatic heterocycles. The number of hydrogen-bond acceptors (Lipinski definition) is 2. The van der Waals surface area contributed by atoms with Crippen LogP contribution >= 0.6 is 11.6 Å². The standard InChI is InChI=1S/C17H14ClNO3/c18-12-5-3-6-13(9-12)19-14(10-16(20)21)8-11-4-1-2-7-15(11)17(19)22/h1-7,9,14H,8,10H2,(H,20,21). The van der Waals surface area contributed by atoms with Crippen molar-refractivity contribution in [2.45, 2.75) is 18.9 Å². The van der Waals surface area contributed by atoms with Gasteiger partial charge in [-0.2, -0.15) is 0 Å². The van der Waals surface area contributed by atoms with Crippen molar-refractivity contribution < 1.29 is 14.7 Å². The van der Waals surface area contributed by atoms with Crippen molar-refractivity contribution in [3.05, 3.63) is 64.7 Å². The molecule has 1 unspecified atom stereocenters. The lowest BCUT2D eigenvalue weighted by molar-refractivity contribution is -0.137. The molecule has 112 valence electrons. The van der Waals surface area contributed by atoms with E-state index in [-0.39, 0.29) is 12.3 Å². The smallest absolute Gasteiger partial charge is 0.305 e. The molecule has 0 aliphatic carbocycles. The Morgan fingerprint density at radius 2 is 2.00 bits per heavy atom. The second kappa shape index (κ2) is 5.81. The summed E-state index contributed by atoms with van der Waals surface area (Å²) >= 11 is 6.01. The maximum atomic E-state index is 12.8. The normalized spacial score (nSPS) is 17.2. The van der Waals surface area contributed by atoms with Gasteiger partial charge in [0.15, 0.2) is 0 Å². The molecule has 0 spiro atoms. The molecule has 2 aromatic carbocycles. The molecule has 0 saturated carbocycles. The van der Waals surface area contributed by atoms with Gasteiger partial charge in [0.2, 0.25) is 0 Å². The molecule has 0 saturated heterocycles. The first-order chi connectivity index (χ1) is 10.6. The fourth-order valence-corrected chi connectivity index (χ4v) is 3.05. The van der Waals surface area contributed by atoms with Crippen LogP contribution in [0.1, 0.15) is 22.3 Å². The van der Waals surface area contributed by atoms with Gasteiger partial charge in [-0.25, -0.2) is 0 Å². The first-order valence-electron chi connectivity index (χ1n) is 6.95. The average molecular weight is 316 g/mol. The minimum absolute atomic E-state index is 0.105. The number of aliphatic carboxylic acids is 1. The lowest BCUT2D eigenvalue weighted by Gasteiger charge is -2.36. The van der Waals surface area contributed by atoms with Crippen molar-refractivity contribution in [3.63, 3.8) is 0 Å². The molecule has 22 heavy (non-hydrogen) atoms. The molecule has 0 bridgehead atoms. The average Bonchev–Trinajstić information content (AvgIpc) is 2.47. The van der Waals surface area contributed by atoms with Gasteiger partial charge in [-0.1, -0.05) is 35.9 Å². The van der Waals surface area contributed by atoms with Crippen molar-refractivity contribution in [3.8, 4) is 0 Å². The van der Waals surface area contributed by atoms with Crippen LogP contribution in [0.2, 0.25) is 5.02 Å². The van der Waals surface area contributed by atoms with E-state index >= 15 is 0 Å². The van der Waals surface area contributed by atoms with Crippen LogP contribution in [0.4, 0.5) is 5.69 Å². The zero-order valence-corrected chi connectivity index (χ0v) is 12.5. The number of nitrogens with zero attached hydrogens (tertiary/aromatic N) is 1. The predicted molar refractivity (Wildman–Crippen MR) is 84.4 cm³/mol. The number of anilines is 1. The topological polar surface area (TPSA) is 57.6 Å². The van der Waals surface area contributed by atoms with E-state index in [0.29, 0.717) is 22.7 Å². The SMILES string of the molecule is O=C(O)CC1Cc2ccccc2C(=O)N1c1cccc(Cl)c1. The number of halogens is 1. The molecule has 1 aliphatic heterocycles. The second-order valence-electron chi connectivity index (χ2n) is 5.27. The number of carbonyl (C=O) groups excluding carboxylic acids is 1. The third kappa shape index (κ3) is 2.70. The Bertz CT molecular complexity index is 744. The van der Waals surface area contributed by atoms with Crippen molar-refractivity contribution in [1.29, 1.82) is 0 Å². The maximum Gasteiger partial charge on any atom is 0.305 e. The zero-order chi connectivity index (χ0) is 15.7. The Morgan fingerprint density at radius 3 is 2.73 bits per heavy atom. The summed E-state index contributed by atoms with van der Waals surface area (Å²) in [6.07, 6.45) is 0.410. The lowest BCUT2D eigenvalue weighted by atomic mass is 9.91. The lowest BCUT2D eigenvalue weighted by Crippen LogP contribution is -2.47. The number of hydrogen-bond donors (Lipinski definition) is 1. The van der Waals surface area contributed by atoms with Crippen molar-refractivity contribution in [2.75, 3.05) is 4.90 Å². The molecular formula is C17H14ClNO3. The molecule has 1 heterocycles. The van der Waals surface area contributed by atoms with Gasteiger partial charge >= 0.3 is 5.97 Å². The van der Waals surface area contributed by atoms with E-state index in [0.717, 1.165) is 5.56 Å². The van der Waals surface area contributed by atoms with Crippen molar-refractivity contribution in [2.24, 2.45) is 0 Å². The van der Waals surface area contributed by atoms with Crippen LogP contribution in [0.5, 0.6) is 0 Å². The summed E-state index contributed by atoms with van der Waals surface area (Å²) in [5.41, 5.74) is 2.12. The number of carboxylic acids is 1. The molecule has 3 rings (SSSR count). The third-order valence-corrected chi connectivity index (χ3v) is 4.02. The largest absolute Gasteiger partial charge is 0.481 e. The van der Waals surface area contributed by atoms with E-state index in [1.54, 1.807) is 35.2 Å². The van der Waals surface area contributed by atoms with Crippen molar-refractivity contribution >= 4 is 29.2 Å². The third-order valence-electron chi connectivity index (χ3n) is 3.78. The van der Waals surface area contributed by atoms with Gasteiger partial charge in [0, 0.05) is 16.3 Å². The Hall–Kier alpha value is -2.33. The van der Waals surface area contributed by atoms with Crippen LogP contribution in [0.3, 0.4) is 0 Å². The van der Waals surface area contributed by atoms with E-state index in [2.05, 4.69) is 0 Å². The molecule has 0 radical (unpaired) electrons. The molecule has 5 heteroatoms. The molecule has 4 nitrogen and oxygen atoms in total. The fourth-order valence-electron chi connectivity index (χ4n) is 2.87. The van der Waals surface area contributed by atoms with E-state index in [1.165, 1.54) is 0 Å². The Morgan fingerprint density at radius 1 is 1.23 bits per heavy atom. The Labute approximate surface area is 132 Å². The molecule has 2 aromatic rings. The van der Waals surface area contributed by atoms with Gasteiger partial charge < -0.3 is 10.0 Å². The highest BCUT2D eigenvalue weighted by Gasteiger charge is 2.34. The first kappa shape index (κ1) is 14.6.